The highest BCUT2D eigenvalue weighted by molar-refractivity contribution is 9.10. The van der Waals surface area contributed by atoms with E-state index in [1.54, 1.807) is 24.7 Å². The van der Waals surface area contributed by atoms with E-state index in [4.69, 9.17) is 18.9 Å². The average molecular weight is 690 g/mol. The summed E-state index contributed by atoms with van der Waals surface area (Å²) in [6, 6.07) is 22.7. The summed E-state index contributed by atoms with van der Waals surface area (Å²) in [6.45, 7) is 4.00. The number of halogens is 1. The first-order valence-electron chi connectivity index (χ1n) is 14.2. The summed E-state index contributed by atoms with van der Waals surface area (Å²) in [4.78, 5) is 34.4. The molecule has 0 amide bonds. The number of rotatable bonds is 9. The molecule has 0 saturated heterocycles. The van der Waals surface area contributed by atoms with Crippen LogP contribution in [0.15, 0.2) is 113 Å². The van der Waals surface area contributed by atoms with Gasteiger partial charge in [-0.3, -0.25) is 9.36 Å². The molecule has 5 aromatic rings. The number of carbonyl (C=O) groups is 1. The van der Waals surface area contributed by atoms with Gasteiger partial charge in [-0.05, 0) is 64.3 Å². The minimum Gasteiger partial charge on any atom is -0.496 e. The number of carbonyl (C=O) groups excluding carboxylic acids is 1. The molecule has 44 heavy (non-hydrogen) atoms. The number of esters is 1. The number of hydrogen-bond donors (Lipinski definition) is 0. The van der Waals surface area contributed by atoms with Crippen molar-refractivity contribution in [3.63, 3.8) is 0 Å². The number of allylic oxidation sites excluding steroid dienone is 1. The van der Waals surface area contributed by atoms with Crippen molar-refractivity contribution in [3.8, 4) is 5.75 Å². The van der Waals surface area contributed by atoms with Gasteiger partial charge in [0.1, 0.15) is 17.6 Å². The van der Waals surface area contributed by atoms with E-state index in [1.165, 1.54) is 23.1 Å². The number of ether oxygens (including phenoxy) is 2. The van der Waals surface area contributed by atoms with Gasteiger partial charge in [-0.25, -0.2) is 9.79 Å². The van der Waals surface area contributed by atoms with E-state index >= 15 is 0 Å². The lowest BCUT2D eigenvalue weighted by Crippen LogP contribution is -2.40. The zero-order valence-corrected chi connectivity index (χ0v) is 27.6. The van der Waals surface area contributed by atoms with Gasteiger partial charge in [0.15, 0.2) is 9.89 Å². The lowest BCUT2D eigenvalue weighted by Gasteiger charge is -2.28. The molecule has 0 unspecified atom stereocenters. The molecule has 0 fully saturated rings. The summed E-state index contributed by atoms with van der Waals surface area (Å²) in [7, 11) is 1.60. The fraction of sp³-hybridized carbons (Fsp3) is 0.206. The molecule has 1 aliphatic heterocycles. The fourth-order valence-electron chi connectivity index (χ4n) is 5.36. The molecular formula is C34H29BrN2O5S2. The molecule has 7 nitrogen and oxygen atoms in total. The predicted octanol–water partition coefficient (Wildman–Crippen LogP) is 7.25. The van der Waals surface area contributed by atoms with Crippen molar-refractivity contribution in [2.75, 3.05) is 13.7 Å². The van der Waals surface area contributed by atoms with Crippen molar-refractivity contribution in [1.82, 2.24) is 4.57 Å². The molecular weight excluding hydrogens is 660 g/mol. The van der Waals surface area contributed by atoms with E-state index in [9.17, 15) is 9.59 Å². The first kappa shape index (κ1) is 30.2. The molecule has 0 radical (unpaired) electrons. The topological polar surface area (TPSA) is 83.0 Å². The number of thiazole rings is 1. The van der Waals surface area contributed by atoms with E-state index in [1.807, 2.05) is 79.7 Å². The molecule has 3 aromatic carbocycles. The molecule has 3 heterocycles. The van der Waals surface area contributed by atoms with Crippen LogP contribution in [-0.2, 0) is 9.53 Å². The molecule has 10 heteroatoms. The standard InChI is InChI=1S/C34H29BrN2O5S2/c1-4-11-25-29(32(39)41-5-2)30(28-23-15-10-9-12-20(23)16-17-26(28)40-3)37-31(38)27(44-34(37)36-25)19-21-18-24(35)33(42-21)43-22-13-7-6-8-14-22/h6-10,12-19,30H,4-5,11H2,1-3H3/b27-19+/t30-/m1/s1. The Morgan fingerprint density at radius 1 is 1.11 bits per heavy atom. The average Bonchev–Trinajstić information content (AvgIpc) is 3.53. The molecule has 0 N–H and O–H groups in total. The van der Waals surface area contributed by atoms with Crippen LogP contribution in [0.1, 0.15) is 44.1 Å². The molecule has 2 aromatic heterocycles. The van der Waals surface area contributed by atoms with Crippen molar-refractivity contribution in [2.45, 2.75) is 42.7 Å². The Morgan fingerprint density at radius 2 is 1.89 bits per heavy atom. The molecule has 6 rings (SSSR count). The van der Waals surface area contributed by atoms with E-state index in [0.29, 0.717) is 49.2 Å². The number of benzene rings is 3. The van der Waals surface area contributed by atoms with Gasteiger partial charge in [0, 0.05) is 16.5 Å². The van der Waals surface area contributed by atoms with Gasteiger partial charge in [-0.2, -0.15) is 0 Å². The Kier molecular flexibility index (Phi) is 8.93. The number of aromatic nitrogens is 1. The highest BCUT2D eigenvalue weighted by Crippen LogP contribution is 2.41. The van der Waals surface area contributed by atoms with Gasteiger partial charge in [-0.1, -0.05) is 85.0 Å². The first-order chi connectivity index (χ1) is 21.4. The van der Waals surface area contributed by atoms with Crippen LogP contribution in [0.3, 0.4) is 0 Å². The predicted molar refractivity (Wildman–Crippen MR) is 177 cm³/mol. The van der Waals surface area contributed by atoms with Gasteiger partial charge >= 0.3 is 5.97 Å². The van der Waals surface area contributed by atoms with E-state index in [2.05, 4.69) is 15.9 Å². The third-order valence-electron chi connectivity index (χ3n) is 7.22. The van der Waals surface area contributed by atoms with Crippen LogP contribution in [0.25, 0.3) is 16.8 Å². The van der Waals surface area contributed by atoms with Crippen molar-refractivity contribution < 1.29 is 18.7 Å². The third-order valence-corrected chi connectivity index (χ3v) is 10.0. The van der Waals surface area contributed by atoms with Gasteiger partial charge < -0.3 is 13.9 Å². The van der Waals surface area contributed by atoms with Crippen LogP contribution in [0.4, 0.5) is 0 Å². The summed E-state index contributed by atoms with van der Waals surface area (Å²) in [5, 5.41) is 2.53. The normalized spacial score (nSPS) is 14.9. The zero-order valence-electron chi connectivity index (χ0n) is 24.3. The van der Waals surface area contributed by atoms with Crippen LogP contribution in [0.5, 0.6) is 5.75 Å². The lowest BCUT2D eigenvalue weighted by atomic mass is 9.90. The van der Waals surface area contributed by atoms with Gasteiger partial charge in [0.05, 0.1) is 34.0 Å². The maximum absolute atomic E-state index is 14.3. The summed E-state index contributed by atoms with van der Waals surface area (Å²) >= 11 is 6.36. The molecule has 1 aliphatic rings. The van der Waals surface area contributed by atoms with Crippen molar-refractivity contribution in [1.29, 1.82) is 0 Å². The van der Waals surface area contributed by atoms with Crippen LogP contribution in [0, 0.1) is 0 Å². The third kappa shape index (κ3) is 5.69. The molecule has 0 aliphatic carbocycles. The first-order valence-corrected chi connectivity index (χ1v) is 16.7. The van der Waals surface area contributed by atoms with Crippen LogP contribution < -0.4 is 19.6 Å². The Balaban J connectivity index is 1.58. The highest BCUT2D eigenvalue weighted by Gasteiger charge is 2.37. The number of furan rings is 1. The Hall–Kier alpha value is -3.86. The highest BCUT2D eigenvalue weighted by atomic mass is 79.9. The number of hydrogen-bond acceptors (Lipinski definition) is 8. The fourth-order valence-corrected chi connectivity index (χ4v) is 7.72. The molecule has 0 bridgehead atoms. The van der Waals surface area contributed by atoms with Crippen molar-refractivity contribution >= 4 is 61.8 Å². The van der Waals surface area contributed by atoms with Gasteiger partial charge in [0.25, 0.3) is 5.56 Å². The second-order valence-corrected chi connectivity index (χ2v) is 12.9. The Labute approximate surface area is 270 Å². The molecule has 224 valence electrons. The number of methoxy groups -OCH3 is 1. The van der Waals surface area contributed by atoms with E-state index in [0.717, 1.165) is 26.6 Å². The van der Waals surface area contributed by atoms with Crippen molar-refractivity contribution in [3.05, 3.63) is 120 Å². The summed E-state index contributed by atoms with van der Waals surface area (Å²) in [5.41, 5.74) is 1.40. The number of fused-ring (bicyclic) bond motifs is 2. The van der Waals surface area contributed by atoms with Gasteiger partial charge in [0.2, 0.25) is 0 Å². The minimum atomic E-state index is -0.803. The molecule has 0 saturated carbocycles. The van der Waals surface area contributed by atoms with Crippen LogP contribution >= 0.6 is 39.0 Å². The lowest BCUT2D eigenvalue weighted by molar-refractivity contribution is -0.139. The summed E-state index contributed by atoms with van der Waals surface area (Å²) in [5.74, 6) is 0.602. The molecule has 0 spiro atoms. The van der Waals surface area contributed by atoms with Crippen molar-refractivity contribution in [2.24, 2.45) is 4.99 Å². The second-order valence-electron chi connectivity index (χ2n) is 10.0. The summed E-state index contributed by atoms with van der Waals surface area (Å²) < 4.78 is 20.4. The number of nitrogens with zero attached hydrogens (tertiary/aromatic N) is 2. The largest absolute Gasteiger partial charge is 0.496 e. The SMILES string of the molecule is CCCC1=C(C(=O)OCC)[C@@H](c2c(OC)ccc3ccccc23)n2c(s/c(=C/c3cc(Br)c(Sc4ccccc4)o3)c2=O)=N1. The minimum absolute atomic E-state index is 0.197. The van der Waals surface area contributed by atoms with Crippen LogP contribution in [-0.4, -0.2) is 24.3 Å². The Bertz CT molecular complexity index is 2080. The monoisotopic (exact) mass is 688 g/mol. The van der Waals surface area contributed by atoms with Gasteiger partial charge in [-0.15, -0.1) is 0 Å². The van der Waals surface area contributed by atoms with E-state index in [-0.39, 0.29) is 12.2 Å². The maximum atomic E-state index is 14.3. The maximum Gasteiger partial charge on any atom is 0.338 e. The van der Waals surface area contributed by atoms with Crippen LogP contribution in [0.2, 0.25) is 0 Å². The quantitative estimate of drug-likeness (QED) is 0.152. The van der Waals surface area contributed by atoms with E-state index < -0.39 is 12.0 Å². The summed E-state index contributed by atoms with van der Waals surface area (Å²) in [6.07, 6.45) is 3.04. The molecule has 1 atom stereocenters. The Morgan fingerprint density at radius 3 is 2.64 bits per heavy atom. The second kappa shape index (κ2) is 13.0. The zero-order chi connectivity index (χ0) is 30.8. The smallest absolute Gasteiger partial charge is 0.338 e.